The van der Waals surface area contributed by atoms with E-state index in [1.165, 1.54) is 58.0 Å². The Balaban J connectivity index is 1.43. The van der Waals surface area contributed by atoms with Gasteiger partial charge < -0.3 is 9.22 Å². The van der Waals surface area contributed by atoms with Crippen LogP contribution in [-0.2, 0) is 14.3 Å². The number of piperidine rings is 1. The van der Waals surface area contributed by atoms with Crippen LogP contribution in [-0.4, -0.2) is 48.5 Å². The van der Waals surface area contributed by atoms with Crippen molar-refractivity contribution in [2.45, 2.75) is 104 Å². The molecule has 0 aromatic heterocycles. The van der Waals surface area contributed by atoms with Crippen molar-refractivity contribution in [2.24, 2.45) is 34.5 Å². The van der Waals surface area contributed by atoms with Gasteiger partial charge in [-0.3, -0.25) is 9.59 Å². The summed E-state index contributed by atoms with van der Waals surface area (Å²) in [7, 11) is 2.44. The summed E-state index contributed by atoms with van der Waals surface area (Å²) in [5, 5.41) is 0. The van der Waals surface area contributed by atoms with Crippen LogP contribution in [0.25, 0.3) is 0 Å². The fourth-order valence-electron chi connectivity index (χ4n) is 9.58. The van der Waals surface area contributed by atoms with Crippen LogP contribution >= 0.6 is 0 Å². The molecule has 4 heteroatoms. The topological polar surface area (TPSA) is 43.4 Å². The van der Waals surface area contributed by atoms with Crippen molar-refractivity contribution in [1.29, 1.82) is 0 Å². The number of ketones is 1. The van der Waals surface area contributed by atoms with E-state index in [9.17, 15) is 9.59 Å². The van der Waals surface area contributed by atoms with Gasteiger partial charge in [-0.05, 0) is 86.9 Å². The second kappa shape index (κ2) is 7.57. The highest BCUT2D eigenvalue weighted by molar-refractivity contribution is 5.87. The number of quaternary nitrogens is 1. The maximum Gasteiger partial charge on any atom is 0.303 e. The molecule has 4 nitrogen and oxygen atoms in total. The average Bonchev–Trinajstić information content (AvgIpc) is 3.02. The van der Waals surface area contributed by atoms with E-state index in [2.05, 4.69) is 20.9 Å². The first-order chi connectivity index (χ1) is 14.7. The lowest BCUT2D eigenvalue weighted by Crippen LogP contribution is -2.66. The highest BCUT2D eigenvalue weighted by atomic mass is 16.5. The molecule has 1 heterocycles. The molecule has 0 N–H and O–H groups in total. The highest BCUT2D eigenvalue weighted by Crippen LogP contribution is 2.66. The second-order valence-electron chi connectivity index (χ2n) is 12.7. The molecule has 1 aliphatic heterocycles. The number of carbonyl (C=O) groups excluding carboxylic acids is 2. The van der Waals surface area contributed by atoms with Gasteiger partial charge in [0.2, 0.25) is 0 Å². The van der Waals surface area contributed by atoms with E-state index in [1.807, 2.05) is 0 Å². The maximum atomic E-state index is 12.7. The van der Waals surface area contributed by atoms with Crippen molar-refractivity contribution >= 4 is 11.8 Å². The third-order valence-corrected chi connectivity index (χ3v) is 11.3. The van der Waals surface area contributed by atoms with E-state index in [-0.39, 0.29) is 22.9 Å². The Hall–Kier alpha value is -0.900. The van der Waals surface area contributed by atoms with Crippen LogP contribution in [0.15, 0.2) is 0 Å². The molecule has 174 valence electrons. The van der Waals surface area contributed by atoms with Gasteiger partial charge in [-0.25, -0.2) is 0 Å². The molecule has 0 aromatic rings. The number of hydrogen-bond donors (Lipinski definition) is 0. The number of fused-ring (bicyclic) bond motifs is 5. The molecule has 4 aliphatic carbocycles. The second-order valence-corrected chi connectivity index (χ2v) is 12.7. The van der Waals surface area contributed by atoms with Crippen LogP contribution in [0.5, 0.6) is 0 Å². The number of rotatable bonds is 2. The third-order valence-electron chi connectivity index (χ3n) is 11.3. The van der Waals surface area contributed by atoms with Gasteiger partial charge in [-0.1, -0.05) is 13.8 Å². The van der Waals surface area contributed by atoms with Gasteiger partial charge in [0.05, 0.1) is 20.1 Å². The molecule has 1 saturated heterocycles. The molecule has 5 fully saturated rings. The van der Waals surface area contributed by atoms with Crippen molar-refractivity contribution in [3.8, 4) is 0 Å². The minimum absolute atomic E-state index is 0.0523. The monoisotopic (exact) mass is 430 g/mol. The lowest BCUT2D eigenvalue weighted by Gasteiger charge is -2.62. The zero-order valence-electron chi connectivity index (χ0n) is 20.3. The van der Waals surface area contributed by atoms with E-state index in [0.717, 1.165) is 36.1 Å². The van der Waals surface area contributed by atoms with Crippen LogP contribution in [0.2, 0.25) is 0 Å². The summed E-state index contributed by atoms with van der Waals surface area (Å²) in [5.74, 6) is 3.15. The summed E-state index contributed by atoms with van der Waals surface area (Å²) in [6.07, 6.45) is 13.1. The molecule has 8 atom stereocenters. The number of carbonyl (C=O) groups is 2. The molecule has 5 aliphatic rings. The summed E-state index contributed by atoms with van der Waals surface area (Å²) < 4.78 is 7.24. The van der Waals surface area contributed by atoms with E-state index < -0.39 is 0 Å². The number of Topliss-reactive ketones (excluding diaryl/α,β-unsaturated/α-hetero) is 1. The molecule has 31 heavy (non-hydrogen) atoms. The number of esters is 1. The fraction of sp³-hybridized carbons (Fsp3) is 0.926. The summed E-state index contributed by atoms with van der Waals surface area (Å²) in [6, 6.07) is 0.459. The van der Waals surface area contributed by atoms with E-state index in [1.54, 1.807) is 6.92 Å². The zero-order valence-corrected chi connectivity index (χ0v) is 20.3. The highest BCUT2D eigenvalue weighted by Gasteiger charge is 2.63. The van der Waals surface area contributed by atoms with Crippen LogP contribution in [0, 0.1) is 34.5 Å². The SMILES string of the molecule is CC(=O)O[C@H]1C[C@@]2(C)[C@@H](CC[C@@H]3[C@@H]2CC[C@]2(C)C(=O)CC[C@@H]32)C[C@@H]1[N+]1(C)CCCCC1. The predicted octanol–water partition coefficient (Wildman–Crippen LogP) is 5.14. The number of ether oxygens (including phenoxy) is 1. The van der Waals surface area contributed by atoms with Gasteiger partial charge in [0.25, 0.3) is 0 Å². The van der Waals surface area contributed by atoms with Gasteiger partial charge in [0.15, 0.2) is 6.10 Å². The standard InChI is InChI=1S/C27H44NO3/c1-18(29)31-24-17-27(3)19(16-23(24)28(4)14-6-5-7-15-28)8-9-20-21-10-11-25(30)26(21,2)13-12-22(20)27/h19-24H,5-17H2,1-4H3/q+1/t19-,20-,21-,22-,23-,24-,26-,27-/m0/s1. The number of nitrogens with zero attached hydrogens (tertiary/aromatic N) is 1. The number of likely N-dealkylation sites (N-methyl/N-ethyl adjacent to an activating group) is 1. The van der Waals surface area contributed by atoms with Crippen molar-refractivity contribution < 1.29 is 18.8 Å². The quantitative estimate of drug-likeness (QED) is 0.450. The molecule has 4 saturated carbocycles. The Kier molecular flexibility index (Phi) is 5.35. The average molecular weight is 431 g/mol. The van der Waals surface area contributed by atoms with Gasteiger partial charge >= 0.3 is 5.97 Å². The lowest BCUT2D eigenvalue weighted by molar-refractivity contribution is -0.942. The molecule has 0 aromatic carbocycles. The summed E-state index contributed by atoms with van der Waals surface area (Å²) in [5.41, 5.74) is 0.199. The first-order valence-corrected chi connectivity index (χ1v) is 13.2. The Labute approximate surface area is 189 Å². The molecule has 0 unspecified atom stereocenters. The lowest BCUT2D eigenvalue weighted by atomic mass is 9.44. The van der Waals surface area contributed by atoms with Crippen LogP contribution in [0.4, 0.5) is 0 Å². The normalized spacial score (nSPS) is 49.0. The Morgan fingerprint density at radius 2 is 1.77 bits per heavy atom. The minimum Gasteiger partial charge on any atom is -0.456 e. The van der Waals surface area contributed by atoms with Crippen LogP contribution in [0.3, 0.4) is 0 Å². The Morgan fingerprint density at radius 3 is 2.48 bits per heavy atom. The smallest absolute Gasteiger partial charge is 0.303 e. The van der Waals surface area contributed by atoms with E-state index >= 15 is 0 Å². The van der Waals surface area contributed by atoms with Crippen LogP contribution in [0.1, 0.15) is 91.4 Å². The molecular formula is C27H44NO3+. The number of likely N-dealkylation sites (tertiary alicyclic amines) is 1. The molecule has 0 bridgehead atoms. The Bertz CT molecular complexity index is 743. The van der Waals surface area contributed by atoms with Crippen molar-refractivity contribution in [2.75, 3.05) is 20.1 Å². The Morgan fingerprint density at radius 1 is 1.03 bits per heavy atom. The molecule has 0 spiro atoms. The molecular weight excluding hydrogens is 386 g/mol. The molecule has 0 radical (unpaired) electrons. The number of hydrogen-bond acceptors (Lipinski definition) is 3. The first-order valence-electron chi connectivity index (χ1n) is 13.2. The summed E-state index contributed by atoms with van der Waals surface area (Å²) >= 11 is 0. The maximum absolute atomic E-state index is 12.7. The fourth-order valence-corrected chi connectivity index (χ4v) is 9.58. The van der Waals surface area contributed by atoms with Crippen LogP contribution < -0.4 is 0 Å². The molecule has 0 amide bonds. The van der Waals surface area contributed by atoms with E-state index in [4.69, 9.17) is 4.74 Å². The van der Waals surface area contributed by atoms with E-state index in [0.29, 0.717) is 29.6 Å². The molecule has 5 rings (SSSR count). The summed E-state index contributed by atoms with van der Waals surface area (Å²) in [4.78, 5) is 24.9. The third kappa shape index (κ3) is 3.33. The van der Waals surface area contributed by atoms with Crippen molar-refractivity contribution in [1.82, 2.24) is 0 Å². The van der Waals surface area contributed by atoms with Gasteiger partial charge in [0, 0.05) is 25.2 Å². The summed E-state index contributed by atoms with van der Waals surface area (Å²) in [6.45, 7) is 8.89. The van der Waals surface area contributed by atoms with Gasteiger partial charge in [0.1, 0.15) is 11.8 Å². The predicted molar refractivity (Wildman–Crippen MR) is 121 cm³/mol. The van der Waals surface area contributed by atoms with Gasteiger partial charge in [-0.15, -0.1) is 0 Å². The minimum atomic E-state index is -0.106. The first kappa shape index (κ1) is 21.9. The largest absolute Gasteiger partial charge is 0.456 e. The zero-order chi connectivity index (χ0) is 22.0. The van der Waals surface area contributed by atoms with Crippen molar-refractivity contribution in [3.63, 3.8) is 0 Å². The van der Waals surface area contributed by atoms with Crippen molar-refractivity contribution in [3.05, 3.63) is 0 Å². The van der Waals surface area contributed by atoms with Gasteiger partial charge in [-0.2, -0.15) is 0 Å².